The van der Waals surface area contributed by atoms with E-state index < -0.39 is 0 Å². The summed E-state index contributed by atoms with van der Waals surface area (Å²) in [4.78, 5) is 0. The number of nitrogens with one attached hydrogen (secondary N) is 2. The van der Waals surface area contributed by atoms with Gasteiger partial charge >= 0.3 is 0 Å². The van der Waals surface area contributed by atoms with Crippen LogP contribution < -0.4 is 10.6 Å². The van der Waals surface area contributed by atoms with Gasteiger partial charge in [-0.15, -0.1) is 0 Å². The van der Waals surface area contributed by atoms with E-state index in [0.29, 0.717) is 6.04 Å². The number of hydrogen-bond donors (Lipinski definition) is 2. The molecular formula is C18H20N2S. The van der Waals surface area contributed by atoms with Crippen LogP contribution in [0.4, 0.5) is 0 Å². The molecule has 0 unspecified atom stereocenters. The Balaban J connectivity index is 1.64. The molecule has 0 saturated heterocycles. The first-order valence-electron chi connectivity index (χ1n) is 7.45. The van der Waals surface area contributed by atoms with Gasteiger partial charge in [-0.05, 0) is 48.7 Å². The smallest absolute Gasteiger partial charge is 0.166 e. The summed E-state index contributed by atoms with van der Waals surface area (Å²) in [6, 6.07) is 19.9. The molecule has 3 heteroatoms. The molecular weight excluding hydrogens is 276 g/mol. The second-order valence-corrected chi connectivity index (χ2v) is 6.01. The second-order valence-electron chi connectivity index (χ2n) is 5.60. The van der Waals surface area contributed by atoms with E-state index in [4.69, 9.17) is 12.2 Å². The molecule has 1 aliphatic rings. The molecule has 1 atom stereocenters. The molecule has 3 rings (SSSR count). The van der Waals surface area contributed by atoms with Gasteiger partial charge in [0.05, 0.1) is 6.04 Å². The van der Waals surface area contributed by atoms with Crippen LogP contribution in [0.15, 0.2) is 54.6 Å². The van der Waals surface area contributed by atoms with Crippen LogP contribution >= 0.6 is 12.2 Å². The van der Waals surface area contributed by atoms with Crippen LogP contribution in [0.25, 0.3) is 11.1 Å². The first kappa shape index (κ1) is 14.1. The van der Waals surface area contributed by atoms with Gasteiger partial charge in [0.15, 0.2) is 5.11 Å². The lowest BCUT2D eigenvalue weighted by atomic mass is 10.0. The SMILES string of the molecule is C[C@@H](NC(=S)NC1CC1)c1ccc(-c2ccccc2)cc1. The number of benzene rings is 2. The quantitative estimate of drug-likeness (QED) is 0.833. The summed E-state index contributed by atoms with van der Waals surface area (Å²) in [5.74, 6) is 0. The van der Waals surface area contributed by atoms with Crippen LogP contribution in [0.1, 0.15) is 31.4 Å². The summed E-state index contributed by atoms with van der Waals surface area (Å²) in [6.07, 6.45) is 2.48. The van der Waals surface area contributed by atoms with Crippen molar-refractivity contribution in [3.8, 4) is 11.1 Å². The monoisotopic (exact) mass is 296 g/mol. The van der Waals surface area contributed by atoms with Gasteiger partial charge in [0, 0.05) is 6.04 Å². The van der Waals surface area contributed by atoms with Crippen molar-refractivity contribution in [1.29, 1.82) is 0 Å². The molecule has 2 aromatic carbocycles. The summed E-state index contributed by atoms with van der Waals surface area (Å²) in [7, 11) is 0. The molecule has 2 aromatic rings. The van der Waals surface area contributed by atoms with Crippen molar-refractivity contribution in [3.63, 3.8) is 0 Å². The lowest BCUT2D eigenvalue weighted by Crippen LogP contribution is -2.37. The average molecular weight is 296 g/mol. The van der Waals surface area contributed by atoms with Crippen LogP contribution in [0.5, 0.6) is 0 Å². The summed E-state index contributed by atoms with van der Waals surface area (Å²) >= 11 is 5.33. The van der Waals surface area contributed by atoms with Crippen LogP contribution in [0.2, 0.25) is 0 Å². The zero-order valence-corrected chi connectivity index (χ0v) is 13.0. The lowest BCUT2D eigenvalue weighted by Gasteiger charge is -2.17. The highest BCUT2D eigenvalue weighted by atomic mass is 32.1. The van der Waals surface area contributed by atoms with E-state index in [1.165, 1.54) is 29.5 Å². The van der Waals surface area contributed by atoms with E-state index in [-0.39, 0.29) is 6.04 Å². The van der Waals surface area contributed by atoms with Gasteiger partial charge in [-0.25, -0.2) is 0 Å². The first-order valence-corrected chi connectivity index (χ1v) is 7.85. The number of thiocarbonyl (C=S) groups is 1. The minimum Gasteiger partial charge on any atom is -0.360 e. The highest BCUT2D eigenvalue weighted by molar-refractivity contribution is 7.80. The first-order chi connectivity index (χ1) is 10.2. The van der Waals surface area contributed by atoms with E-state index in [2.05, 4.69) is 66.1 Å². The molecule has 0 amide bonds. The molecule has 21 heavy (non-hydrogen) atoms. The Bertz CT molecular complexity index is 603. The second kappa shape index (κ2) is 6.27. The predicted octanol–water partition coefficient (Wildman–Crippen LogP) is 4.04. The van der Waals surface area contributed by atoms with E-state index in [1.807, 2.05) is 6.07 Å². The molecule has 108 valence electrons. The van der Waals surface area contributed by atoms with Crippen molar-refractivity contribution in [1.82, 2.24) is 10.6 Å². The predicted molar refractivity (Wildman–Crippen MR) is 92.2 cm³/mol. The summed E-state index contributed by atoms with van der Waals surface area (Å²) in [6.45, 7) is 2.14. The molecule has 1 aliphatic carbocycles. The third kappa shape index (κ3) is 3.82. The van der Waals surface area contributed by atoms with Gasteiger partial charge in [0.25, 0.3) is 0 Å². The average Bonchev–Trinajstić information content (AvgIpc) is 3.32. The molecule has 1 saturated carbocycles. The Hall–Kier alpha value is -1.87. The molecule has 0 heterocycles. The fraction of sp³-hybridized carbons (Fsp3) is 0.278. The van der Waals surface area contributed by atoms with Crippen molar-refractivity contribution in [2.24, 2.45) is 0 Å². The largest absolute Gasteiger partial charge is 0.360 e. The maximum absolute atomic E-state index is 5.33. The topological polar surface area (TPSA) is 24.1 Å². The molecule has 1 fully saturated rings. The number of rotatable bonds is 4. The minimum atomic E-state index is 0.216. The number of hydrogen-bond acceptors (Lipinski definition) is 1. The van der Waals surface area contributed by atoms with E-state index >= 15 is 0 Å². The van der Waals surface area contributed by atoms with Gasteiger partial charge in [-0.2, -0.15) is 0 Å². The van der Waals surface area contributed by atoms with Gasteiger partial charge in [-0.1, -0.05) is 54.6 Å². The van der Waals surface area contributed by atoms with Gasteiger partial charge in [-0.3, -0.25) is 0 Å². The van der Waals surface area contributed by atoms with Crippen LogP contribution in [-0.4, -0.2) is 11.2 Å². The Morgan fingerprint density at radius 2 is 1.62 bits per heavy atom. The molecule has 0 aliphatic heterocycles. The van der Waals surface area contributed by atoms with Crippen molar-refractivity contribution in [2.45, 2.75) is 31.8 Å². The zero-order chi connectivity index (χ0) is 14.7. The molecule has 2 N–H and O–H groups in total. The normalized spacial score (nSPS) is 15.3. The maximum Gasteiger partial charge on any atom is 0.166 e. The van der Waals surface area contributed by atoms with Crippen LogP contribution in [-0.2, 0) is 0 Å². The highest BCUT2D eigenvalue weighted by Gasteiger charge is 2.22. The fourth-order valence-electron chi connectivity index (χ4n) is 2.33. The van der Waals surface area contributed by atoms with Gasteiger partial charge in [0.1, 0.15) is 0 Å². The van der Waals surface area contributed by atoms with E-state index in [1.54, 1.807) is 0 Å². The Morgan fingerprint density at radius 1 is 1.00 bits per heavy atom. The summed E-state index contributed by atoms with van der Waals surface area (Å²) in [5, 5.41) is 7.42. The summed E-state index contributed by atoms with van der Waals surface area (Å²) in [5.41, 5.74) is 3.73. The zero-order valence-electron chi connectivity index (χ0n) is 12.2. The van der Waals surface area contributed by atoms with Gasteiger partial charge in [0.2, 0.25) is 0 Å². The lowest BCUT2D eigenvalue weighted by molar-refractivity contribution is 0.697. The molecule has 2 nitrogen and oxygen atoms in total. The fourth-order valence-corrected chi connectivity index (χ4v) is 2.67. The third-order valence-corrected chi connectivity index (χ3v) is 4.01. The van der Waals surface area contributed by atoms with Crippen LogP contribution in [0.3, 0.4) is 0 Å². The minimum absolute atomic E-state index is 0.216. The van der Waals surface area contributed by atoms with Crippen molar-refractivity contribution in [2.75, 3.05) is 0 Å². The molecule has 0 bridgehead atoms. The van der Waals surface area contributed by atoms with E-state index in [0.717, 1.165) is 5.11 Å². The molecule has 0 radical (unpaired) electrons. The Kier molecular flexibility index (Phi) is 4.20. The maximum atomic E-state index is 5.33. The Morgan fingerprint density at radius 3 is 2.24 bits per heavy atom. The van der Waals surface area contributed by atoms with E-state index in [9.17, 15) is 0 Å². The standard InChI is InChI=1S/C18H20N2S/c1-13(19-18(21)20-17-11-12-17)14-7-9-16(10-8-14)15-5-3-2-4-6-15/h2-10,13,17H,11-12H2,1H3,(H2,19,20,21)/t13-/m1/s1. The van der Waals surface area contributed by atoms with Crippen LogP contribution in [0, 0.1) is 0 Å². The van der Waals surface area contributed by atoms with Crippen molar-refractivity contribution < 1.29 is 0 Å². The van der Waals surface area contributed by atoms with Gasteiger partial charge < -0.3 is 10.6 Å². The highest BCUT2D eigenvalue weighted by Crippen LogP contribution is 2.22. The molecule has 0 aromatic heterocycles. The Labute approximate surface area is 131 Å². The third-order valence-electron chi connectivity index (χ3n) is 3.78. The van der Waals surface area contributed by atoms with Crippen molar-refractivity contribution in [3.05, 3.63) is 60.2 Å². The summed E-state index contributed by atoms with van der Waals surface area (Å²) < 4.78 is 0. The molecule has 0 spiro atoms. The van der Waals surface area contributed by atoms with Crippen molar-refractivity contribution >= 4 is 17.3 Å².